The third-order valence-electron chi connectivity index (χ3n) is 2.66. The van der Waals surface area contributed by atoms with Crippen molar-refractivity contribution in [2.24, 2.45) is 0 Å². The maximum atomic E-state index is 13.4. The lowest BCUT2D eigenvalue weighted by Crippen LogP contribution is -2.21. The number of hydrogen-bond acceptors (Lipinski definition) is 1. The molecule has 3 heteroatoms. The van der Waals surface area contributed by atoms with E-state index in [0.717, 1.165) is 25.8 Å². The molecule has 0 bridgehead atoms. The Morgan fingerprint density at radius 2 is 1.81 bits per heavy atom. The first-order chi connectivity index (χ1) is 7.66. The number of hydrogen-bond donors (Lipinski definition) is 1. The van der Waals surface area contributed by atoms with Crippen LogP contribution in [-0.2, 0) is 0 Å². The van der Waals surface area contributed by atoms with Crippen LogP contribution in [-0.4, -0.2) is 6.54 Å². The minimum absolute atomic E-state index is 0.138. The number of rotatable bonds is 6. The Labute approximate surface area is 95.9 Å². The molecule has 1 unspecified atom stereocenters. The van der Waals surface area contributed by atoms with Crippen LogP contribution in [0.5, 0.6) is 0 Å². The van der Waals surface area contributed by atoms with Crippen molar-refractivity contribution in [3.63, 3.8) is 0 Å². The van der Waals surface area contributed by atoms with Crippen molar-refractivity contribution < 1.29 is 8.78 Å². The van der Waals surface area contributed by atoms with Crippen molar-refractivity contribution in [3.05, 3.63) is 35.4 Å². The van der Waals surface area contributed by atoms with Gasteiger partial charge in [-0.1, -0.05) is 25.8 Å². The van der Waals surface area contributed by atoms with Gasteiger partial charge in [-0.3, -0.25) is 0 Å². The molecular formula is C13H19F2N. The van der Waals surface area contributed by atoms with Crippen molar-refractivity contribution in [1.82, 2.24) is 5.32 Å². The van der Waals surface area contributed by atoms with Gasteiger partial charge in [0.05, 0.1) is 0 Å². The summed E-state index contributed by atoms with van der Waals surface area (Å²) in [5, 5.41) is 3.14. The number of benzene rings is 1. The first-order valence-electron chi connectivity index (χ1n) is 5.84. The van der Waals surface area contributed by atoms with Gasteiger partial charge in [-0.25, -0.2) is 8.78 Å². The average molecular weight is 227 g/mol. The van der Waals surface area contributed by atoms with E-state index in [1.807, 2.05) is 0 Å². The van der Waals surface area contributed by atoms with E-state index in [1.165, 1.54) is 18.2 Å². The molecule has 1 rings (SSSR count). The van der Waals surface area contributed by atoms with E-state index in [-0.39, 0.29) is 11.6 Å². The molecule has 0 radical (unpaired) electrons. The summed E-state index contributed by atoms with van der Waals surface area (Å²) in [4.78, 5) is 0. The number of nitrogens with one attached hydrogen (secondary N) is 1. The fourth-order valence-electron chi connectivity index (χ4n) is 1.72. The van der Waals surface area contributed by atoms with Crippen LogP contribution in [0.3, 0.4) is 0 Å². The molecule has 0 aliphatic carbocycles. The average Bonchev–Trinajstić information content (AvgIpc) is 2.24. The summed E-state index contributed by atoms with van der Waals surface area (Å²) in [5.41, 5.74) is 0.138. The highest BCUT2D eigenvalue weighted by atomic mass is 19.1. The minimum atomic E-state index is -0.476. The molecule has 90 valence electrons. The van der Waals surface area contributed by atoms with Crippen molar-refractivity contribution in [2.75, 3.05) is 6.54 Å². The van der Waals surface area contributed by atoms with E-state index in [1.54, 1.807) is 6.92 Å². The van der Waals surface area contributed by atoms with E-state index in [0.29, 0.717) is 0 Å². The van der Waals surface area contributed by atoms with E-state index in [4.69, 9.17) is 0 Å². The van der Waals surface area contributed by atoms with Crippen molar-refractivity contribution in [1.29, 1.82) is 0 Å². The third-order valence-corrected chi connectivity index (χ3v) is 2.66. The standard InChI is InChI=1S/C13H19F2N/c1-3-4-5-9-16-10(2)13-11(14)7-6-8-12(13)15/h6-8,10,16H,3-5,9H2,1-2H3. The topological polar surface area (TPSA) is 12.0 Å². The first kappa shape index (κ1) is 13.1. The van der Waals surface area contributed by atoms with Gasteiger partial charge in [-0.05, 0) is 32.0 Å². The second-order valence-electron chi connectivity index (χ2n) is 4.02. The summed E-state index contributed by atoms with van der Waals surface area (Å²) in [6.07, 6.45) is 3.32. The molecule has 0 aliphatic rings. The van der Waals surface area contributed by atoms with Crippen LogP contribution < -0.4 is 5.32 Å². The molecule has 0 heterocycles. The summed E-state index contributed by atoms with van der Waals surface area (Å²) >= 11 is 0. The zero-order valence-corrected chi connectivity index (χ0v) is 9.89. The third kappa shape index (κ3) is 3.56. The van der Waals surface area contributed by atoms with Crippen LogP contribution in [0.4, 0.5) is 8.78 Å². The van der Waals surface area contributed by atoms with E-state index >= 15 is 0 Å². The highest BCUT2D eigenvalue weighted by molar-refractivity contribution is 5.22. The highest BCUT2D eigenvalue weighted by Crippen LogP contribution is 2.20. The second-order valence-corrected chi connectivity index (χ2v) is 4.02. The van der Waals surface area contributed by atoms with Crippen molar-refractivity contribution in [2.45, 2.75) is 39.2 Å². The molecule has 1 nitrogen and oxygen atoms in total. The summed E-state index contributed by atoms with van der Waals surface area (Å²) in [6.45, 7) is 4.70. The Balaban J connectivity index is 2.55. The van der Waals surface area contributed by atoms with Gasteiger partial charge in [0, 0.05) is 11.6 Å². The van der Waals surface area contributed by atoms with Gasteiger partial charge < -0.3 is 5.32 Å². The lowest BCUT2D eigenvalue weighted by molar-refractivity contribution is 0.480. The molecule has 0 aromatic heterocycles. The summed E-state index contributed by atoms with van der Waals surface area (Å²) in [6, 6.07) is 3.70. The molecule has 0 saturated heterocycles. The lowest BCUT2D eigenvalue weighted by atomic mass is 10.1. The van der Waals surface area contributed by atoms with Gasteiger partial charge in [-0.15, -0.1) is 0 Å². The molecule has 16 heavy (non-hydrogen) atoms. The summed E-state index contributed by atoms with van der Waals surface area (Å²) < 4.78 is 26.8. The quantitative estimate of drug-likeness (QED) is 0.729. The number of halogens is 2. The fraction of sp³-hybridized carbons (Fsp3) is 0.538. The lowest BCUT2D eigenvalue weighted by Gasteiger charge is -2.15. The Kier molecular flexibility index (Phi) is 5.39. The van der Waals surface area contributed by atoms with Crippen LogP contribution in [0.25, 0.3) is 0 Å². The molecule has 1 aromatic rings. The summed E-state index contributed by atoms with van der Waals surface area (Å²) in [5.74, 6) is -0.953. The molecule has 1 atom stereocenters. The van der Waals surface area contributed by atoms with Gasteiger partial charge >= 0.3 is 0 Å². The van der Waals surface area contributed by atoms with Gasteiger partial charge in [0.2, 0.25) is 0 Å². The Morgan fingerprint density at radius 3 is 2.38 bits per heavy atom. The maximum absolute atomic E-state index is 13.4. The molecular weight excluding hydrogens is 208 g/mol. The summed E-state index contributed by atoms with van der Waals surface area (Å²) in [7, 11) is 0. The van der Waals surface area contributed by atoms with E-state index in [2.05, 4.69) is 12.2 Å². The van der Waals surface area contributed by atoms with Crippen LogP contribution in [0, 0.1) is 11.6 Å². The molecule has 1 N–H and O–H groups in total. The zero-order chi connectivity index (χ0) is 12.0. The zero-order valence-electron chi connectivity index (χ0n) is 9.89. The van der Waals surface area contributed by atoms with E-state index < -0.39 is 11.6 Å². The molecule has 0 saturated carbocycles. The van der Waals surface area contributed by atoms with Crippen LogP contribution in [0.15, 0.2) is 18.2 Å². The highest BCUT2D eigenvalue weighted by Gasteiger charge is 2.14. The molecule has 0 spiro atoms. The normalized spacial score (nSPS) is 12.8. The molecule has 1 aromatic carbocycles. The molecule has 0 amide bonds. The predicted molar refractivity (Wildman–Crippen MR) is 62.3 cm³/mol. The molecule has 0 fully saturated rings. The SMILES string of the molecule is CCCCCNC(C)c1c(F)cccc1F. The Hall–Kier alpha value is -0.960. The maximum Gasteiger partial charge on any atom is 0.130 e. The van der Waals surface area contributed by atoms with Crippen molar-refractivity contribution >= 4 is 0 Å². The number of unbranched alkanes of at least 4 members (excludes halogenated alkanes) is 2. The van der Waals surface area contributed by atoms with E-state index in [9.17, 15) is 8.78 Å². The van der Waals surface area contributed by atoms with Gasteiger partial charge in [-0.2, -0.15) is 0 Å². The van der Waals surface area contributed by atoms with Crippen molar-refractivity contribution in [3.8, 4) is 0 Å². The minimum Gasteiger partial charge on any atom is -0.310 e. The van der Waals surface area contributed by atoms with Gasteiger partial charge in [0.25, 0.3) is 0 Å². The largest absolute Gasteiger partial charge is 0.310 e. The van der Waals surface area contributed by atoms with Crippen LogP contribution >= 0.6 is 0 Å². The second kappa shape index (κ2) is 6.59. The van der Waals surface area contributed by atoms with Gasteiger partial charge in [0.1, 0.15) is 11.6 Å². The van der Waals surface area contributed by atoms with Gasteiger partial charge in [0.15, 0.2) is 0 Å². The first-order valence-corrected chi connectivity index (χ1v) is 5.84. The smallest absolute Gasteiger partial charge is 0.130 e. The Bertz CT molecular complexity index is 305. The van der Waals surface area contributed by atoms with Crippen LogP contribution in [0.1, 0.15) is 44.7 Å². The Morgan fingerprint density at radius 1 is 1.19 bits per heavy atom. The molecule has 0 aliphatic heterocycles. The monoisotopic (exact) mass is 227 g/mol. The fourth-order valence-corrected chi connectivity index (χ4v) is 1.72. The van der Waals surface area contributed by atoms with Crippen LogP contribution in [0.2, 0.25) is 0 Å². The predicted octanol–water partition coefficient (Wildman–Crippen LogP) is 3.81.